The fraction of sp³-hybridized carbons (Fsp3) is 0.500. The van der Waals surface area contributed by atoms with Crippen LogP contribution < -0.4 is 0 Å². The Hall–Kier alpha value is -0.860. The van der Waals surface area contributed by atoms with E-state index in [2.05, 4.69) is 13.8 Å². The predicted octanol–water partition coefficient (Wildman–Crippen LogP) is 2.10. The summed E-state index contributed by atoms with van der Waals surface area (Å²) in [6.45, 7) is 6.21. The van der Waals surface area contributed by atoms with Gasteiger partial charge in [-0.25, -0.2) is 0 Å². The first-order valence-corrected chi connectivity index (χ1v) is 4.94. The van der Waals surface area contributed by atoms with E-state index in [0.29, 0.717) is 5.92 Å². The third-order valence-corrected chi connectivity index (χ3v) is 2.41. The number of hydrogen-bond donors (Lipinski definition) is 2. The molecule has 1 aromatic carbocycles. The molecule has 0 spiro atoms. The average Bonchev–Trinajstić information content (AvgIpc) is 2.15. The second-order valence-electron chi connectivity index (χ2n) is 3.97. The highest BCUT2D eigenvalue weighted by atomic mass is 16.3. The van der Waals surface area contributed by atoms with E-state index >= 15 is 0 Å². The molecule has 14 heavy (non-hydrogen) atoms. The van der Waals surface area contributed by atoms with Gasteiger partial charge < -0.3 is 10.2 Å². The number of hydrogen-bond acceptors (Lipinski definition) is 2. The number of benzene rings is 1. The van der Waals surface area contributed by atoms with E-state index in [-0.39, 0.29) is 13.2 Å². The van der Waals surface area contributed by atoms with Gasteiger partial charge in [-0.05, 0) is 29.5 Å². The van der Waals surface area contributed by atoms with Crippen molar-refractivity contribution in [1.29, 1.82) is 0 Å². The molecule has 0 aromatic heterocycles. The first-order valence-electron chi connectivity index (χ1n) is 4.94. The number of rotatable bonds is 3. The van der Waals surface area contributed by atoms with Crippen molar-refractivity contribution >= 4 is 0 Å². The van der Waals surface area contributed by atoms with Crippen molar-refractivity contribution in [1.82, 2.24) is 0 Å². The minimum atomic E-state index is 0.0438. The van der Waals surface area contributed by atoms with Gasteiger partial charge in [0.2, 0.25) is 0 Å². The summed E-state index contributed by atoms with van der Waals surface area (Å²) in [7, 11) is 0. The molecule has 0 saturated carbocycles. The quantitative estimate of drug-likeness (QED) is 0.773. The van der Waals surface area contributed by atoms with Crippen molar-refractivity contribution < 1.29 is 10.2 Å². The molecule has 1 aromatic rings. The van der Waals surface area contributed by atoms with Gasteiger partial charge in [0.1, 0.15) is 0 Å². The molecular formula is C12H18O2. The molecule has 0 atom stereocenters. The summed E-state index contributed by atoms with van der Waals surface area (Å²) >= 11 is 0. The molecule has 2 N–H and O–H groups in total. The Morgan fingerprint density at radius 1 is 1.07 bits per heavy atom. The zero-order chi connectivity index (χ0) is 10.7. The van der Waals surface area contributed by atoms with Gasteiger partial charge in [-0.15, -0.1) is 0 Å². The van der Waals surface area contributed by atoms with Crippen molar-refractivity contribution in [3.05, 3.63) is 34.4 Å². The Labute approximate surface area is 85.2 Å². The van der Waals surface area contributed by atoms with Crippen LogP contribution in [0.15, 0.2) is 12.1 Å². The van der Waals surface area contributed by atoms with Crippen molar-refractivity contribution in [2.45, 2.75) is 39.9 Å². The van der Waals surface area contributed by atoms with Crippen LogP contribution in [0.4, 0.5) is 0 Å². The summed E-state index contributed by atoms with van der Waals surface area (Å²) in [4.78, 5) is 0. The summed E-state index contributed by atoms with van der Waals surface area (Å²) in [6, 6.07) is 3.96. The lowest BCUT2D eigenvalue weighted by atomic mass is 9.91. The summed E-state index contributed by atoms with van der Waals surface area (Å²) in [5.41, 5.74) is 4.04. The zero-order valence-corrected chi connectivity index (χ0v) is 9.04. The highest BCUT2D eigenvalue weighted by Crippen LogP contribution is 2.25. The number of aryl methyl sites for hydroxylation is 1. The van der Waals surface area contributed by atoms with Crippen molar-refractivity contribution in [2.75, 3.05) is 0 Å². The SMILES string of the molecule is Cc1cc(CO)c(C(C)C)c(CO)c1. The van der Waals surface area contributed by atoms with E-state index in [1.165, 1.54) is 0 Å². The molecule has 0 aliphatic carbocycles. The van der Waals surface area contributed by atoms with Gasteiger partial charge in [-0.2, -0.15) is 0 Å². The maximum Gasteiger partial charge on any atom is 0.0684 e. The molecule has 2 nitrogen and oxygen atoms in total. The Kier molecular flexibility index (Phi) is 3.67. The molecule has 1 rings (SSSR count). The van der Waals surface area contributed by atoms with Crippen LogP contribution in [-0.4, -0.2) is 10.2 Å². The molecular weight excluding hydrogens is 176 g/mol. The first kappa shape index (κ1) is 11.2. The van der Waals surface area contributed by atoms with Gasteiger partial charge in [-0.3, -0.25) is 0 Å². The van der Waals surface area contributed by atoms with Gasteiger partial charge in [0, 0.05) is 0 Å². The van der Waals surface area contributed by atoms with Gasteiger partial charge in [0.25, 0.3) is 0 Å². The van der Waals surface area contributed by atoms with Crippen molar-refractivity contribution in [3.63, 3.8) is 0 Å². The number of aliphatic hydroxyl groups excluding tert-OH is 2. The second kappa shape index (κ2) is 4.58. The molecule has 0 fully saturated rings. The van der Waals surface area contributed by atoms with Crippen molar-refractivity contribution in [2.24, 2.45) is 0 Å². The molecule has 0 aliphatic heterocycles. The maximum absolute atomic E-state index is 9.23. The molecule has 0 unspecified atom stereocenters. The molecule has 78 valence electrons. The molecule has 0 saturated heterocycles. The lowest BCUT2D eigenvalue weighted by Crippen LogP contribution is -2.03. The van der Waals surface area contributed by atoms with Crippen LogP contribution in [0.2, 0.25) is 0 Å². The average molecular weight is 194 g/mol. The Morgan fingerprint density at radius 3 is 1.79 bits per heavy atom. The van der Waals surface area contributed by atoms with Crippen LogP contribution in [0.25, 0.3) is 0 Å². The van der Waals surface area contributed by atoms with Gasteiger partial charge in [0.15, 0.2) is 0 Å². The molecule has 0 bridgehead atoms. The lowest BCUT2D eigenvalue weighted by molar-refractivity contribution is 0.272. The third-order valence-electron chi connectivity index (χ3n) is 2.41. The van der Waals surface area contributed by atoms with Crippen molar-refractivity contribution in [3.8, 4) is 0 Å². The summed E-state index contributed by atoms with van der Waals surface area (Å²) < 4.78 is 0. The van der Waals surface area contributed by atoms with E-state index in [0.717, 1.165) is 22.3 Å². The fourth-order valence-corrected chi connectivity index (χ4v) is 1.96. The highest BCUT2D eigenvalue weighted by Gasteiger charge is 2.11. The van der Waals surface area contributed by atoms with E-state index in [1.807, 2.05) is 19.1 Å². The Morgan fingerprint density at radius 2 is 1.50 bits per heavy atom. The molecule has 0 aliphatic rings. The topological polar surface area (TPSA) is 40.5 Å². The largest absolute Gasteiger partial charge is 0.392 e. The normalized spacial score (nSPS) is 11.0. The van der Waals surface area contributed by atoms with E-state index in [1.54, 1.807) is 0 Å². The second-order valence-corrected chi connectivity index (χ2v) is 3.97. The Balaban J connectivity index is 3.33. The molecule has 0 amide bonds. The monoisotopic (exact) mass is 194 g/mol. The highest BCUT2D eigenvalue weighted by molar-refractivity contribution is 5.40. The minimum absolute atomic E-state index is 0.0438. The fourth-order valence-electron chi connectivity index (χ4n) is 1.96. The van der Waals surface area contributed by atoms with E-state index in [9.17, 15) is 10.2 Å². The summed E-state index contributed by atoms with van der Waals surface area (Å²) in [5, 5.41) is 18.5. The summed E-state index contributed by atoms with van der Waals surface area (Å²) in [6.07, 6.45) is 0. The van der Waals surface area contributed by atoms with Crippen LogP contribution >= 0.6 is 0 Å². The van der Waals surface area contributed by atoms with Crippen LogP contribution in [0.1, 0.15) is 42.0 Å². The molecule has 2 heteroatoms. The van der Waals surface area contributed by atoms with Gasteiger partial charge >= 0.3 is 0 Å². The molecule has 0 heterocycles. The van der Waals surface area contributed by atoms with Crippen LogP contribution in [0, 0.1) is 6.92 Å². The van der Waals surface area contributed by atoms with E-state index in [4.69, 9.17) is 0 Å². The van der Waals surface area contributed by atoms with Gasteiger partial charge in [-0.1, -0.05) is 31.5 Å². The first-order chi connectivity index (χ1) is 6.60. The predicted molar refractivity (Wildman–Crippen MR) is 57.1 cm³/mol. The smallest absolute Gasteiger partial charge is 0.0684 e. The molecule has 0 radical (unpaired) electrons. The van der Waals surface area contributed by atoms with Crippen LogP contribution in [0.3, 0.4) is 0 Å². The minimum Gasteiger partial charge on any atom is -0.392 e. The van der Waals surface area contributed by atoms with Crippen LogP contribution in [0.5, 0.6) is 0 Å². The Bertz CT molecular complexity index is 291. The lowest BCUT2D eigenvalue weighted by Gasteiger charge is -2.16. The standard InChI is InChI=1S/C12H18O2/c1-8(2)12-10(6-13)4-9(3)5-11(12)7-14/h4-5,8,13-14H,6-7H2,1-3H3. The maximum atomic E-state index is 9.23. The van der Waals surface area contributed by atoms with E-state index < -0.39 is 0 Å². The summed E-state index contributed by atoms with van der Waals surface area (Å²) in [5.74, 6) is 0.333. The number of aliphatic hydroxyl groups is 2. The zero-order valence-electron chi connectivity index (χ0n) is 9.04. The van der Waals surface area contributed by atoms with Crippen LogP contribution in [-0.2, 0) is 13.2 Å². The third kappa shape index (κ3) is 2.14. The van der Waals surface area contributed by atoms with Gasteiger partial charge in [0.05, 0.1) is 13.2 Å².